The summed E-state index contributed by atoms with van der Waals surface area (Å²) in [7, 11) is 1.80. The van der Waals surface area contributed by atoms with Crippen LogP contribution in [0.3, 0.4) is 0 Å². The van der Waals surface area contributed by atoms with Crippen LogP contribution >= 0.6 is 0 Å². The van der Waals surface area contributed by atoms with Crippen molar-refractivity contribution in [3.05, 3.63) is 29.3 Å². The summed E-state index contributed by atoms with van der Waals surface area (Å²) < 4.78 is 0. The third kappa shape index (κ3) is 2.21. The number of likely N-dealkylation sites (tertiary alicyclic amines) is 1. The third-order valence-electron chi connectivity index (χ3n) is 5.19. The summed E-state index contributed by atoms with van der Waals surface area (Å²) in [5.41, 5.74) is 2.01. The van der Waals surface area contributed by atoms with Crippen molar-refractivity contribution in [2.45, 2.75) is 39.0 Å². The van der Waals surface area contributed by atoms with Gasteiger partial charge in [0.2, 0.25) is 5.91 Å². The number of nitrogens with zero attached hydrogens (tertiary/aromatic N) is 2. The largest absolute Gasteiger partial charge is 0.339 e. The smallest absolute Gasteiger partial charge is 0.253 e. The number of likely N-dealkylation sites (N-methyl/N-ethyl adjacent to an activating group) is 1. The molecule has 0 spiro atoms. The van der Waals surface area contributed by atoms with Crippen LogP contribution in [-0.4, -0.2) is 36.9 Å². The maximum atomic E-state index is 12.7. The number of piperidine rings is 1. The van der Waals surface area contributed by atoms with Crippen molar-refractivity contribution in [1.29, 1.82) is 0 Å². The normalized spacial score (nSPS) is 21.2. The first-order valence-electron chi connectivity index (χ1n) is 8.04. The third-order valence-corrected chi connectivity index (χ3v) is 5.19. The molecule has 0 aromatic heterocycles. The van der Waals surface area contributed by atoms with Crippen molar-refractivity contribution in [3.63, 3.8) is 0 Å². The fraction of sp³-hybridized carbons (Fsp3) is 0.556. The van der Waals surface area contributed by atoms with Crippen LogP contribution in [0.25, 0.3) is 0 Å². The molecule has 0 bridgehead atoms. The molecule has 0 unspecified atom stereocenters. The maximum Gasteiger partial charge on any atom is 0.253 e. The SMILES string of the molecule is CC1CCN(C(=O)c2ccc3c(c2)C(C)(C)C(=O)N3C)CC1. The van der Waals surface area contributed by atoms with E-state index in [1.54, 1.807) is 11.9 Å². The Morgan fingerprint density at radius 1 is 1.23 bits per heavy atom. The molecule has 0 saturated carbocycles. The van der Waals surface area contributed by atoms with Crippen LogP contribution in [0, 0.1) is 5.92 Å². The molecule has 0 atom stereocenters. The zero-order valence-electron chi connectivity index (χ0n) is 13.8. The summed E-state index contributed by atoms with van der Waals surface area (Å²) in [5, 5.41) is 0. The van der Waals surface area contributed by atoms with Gasteiger partial charge in [-0.2, -0.15) is 0 Å². The van der Waals surface area contributed by atoms with Crippen molar-refractivity contribution in [2.75, 3.05) is 25.0 Å². The van der Waals surface area contributed by atoms with Crippen molar-refractivity contribution >= 4 is 17.5 Å². The molecule has 0 aliphatic carbocycles. The van der Waals surface area contributed by atoms with Gasteiger partial charge in [0, 0.05) is 31.4 Å². The van der Waals surface area contributed by atoms with E-state index in [4.69, 9.17) is 0 Å². The Morgan fingerprint density at radius 3 is 2.50 bits per heavy atom. The molecule has 1 saturated heterocycles. The number of hydrogen-bond acceptors (Lipinski definition) is 2. The molecule has 22 heavy (non-hydrogen) atoms. The number of amides is 2. The lowest BCUT2D eigenvalue weighted by Gasteiger charge is -2.30. The first-order valence-corrected chi connectivity index (χ1v) is 8.04. The summed E-state index contributed by atoms with van der Waals surface area (Å²) in [4.78, 5) is 28.7. The number of rotatable bonds is 1. The van der Waals surface area contributed by atoms with E-state index in [0.29, 0.717) is 11.5 Å². The predicted molar refractivity (Wildman–Crippen MR) is 87.2 cm³/mol. The second kappa shape index (κ2) is 5.11. The van der Waals surface area contributed by atoms with Gasteiger partial charge in [-0.1, -0.05) is 6.92 Å². The zero-order valence-corrected chi connectivity index (χ0v) is 13.8. The number of carbonyl (C=O) groups is 2. The van der Waals surface area contributed by atoms with Gasteiger partial charge < -0.3 is 9.80 Å². The van der Waals surface area contributed by atoms with Gasteiger partial charge in [0.1, 0.15) is 0 Å². The fourth-order valence-electron chi connectivity index (χ4n) is 3.50. The van der Waals surface area contributed by atoms with Crippen LogP contribution in [0.5, 0.6) is 0 Å². The molecule has 2 heterocycles. The van der Waals surface area contributed by atoms with E-state index in [1.165, 1.54) is 0 Å². The van der Waals surface area contributed by atoms with E-state index >= 15 is 0 Å². The standard InChI is InChI=1S/C18H24N2O2/c1-12-7-9-20(10-8-12)16(21)13-5-6-15-14(11-13)18(2,3)17(22)19(15)4/h5-6,11-12H,7-10H2,1-4H3. The van der Waals surface area contributed by atoms with Crippen LogP contribution in [0.1, 0.15) is 49.5 Å². The van der Waals surface area contributed by atoms with Crippen molar-refractivity contribution in [3.8, 4) is 0 Å². The summed E-state index contributed by atoms with van der Waals surface area (Å²) in [6.07, 6.45) is 2.15. The minimum absolute atomic E-state index is 0.0823. The van der Waals surface area contributed by atoms with Gasteiger partial charge in [-0.15, -0.1) is 0 Å². The van der Waals surface area contributed by atoms with Crippen LogP contribution in [-0.2, 0) is 10.2 Å². The van der Waals surface area contributed by atoms with Gasteiger partial charge in [-0.05, 0) is 56.4 Å². The Hall–Kier alpha value is -1.84. The molecule has 4 nitrogen and oxygen atoms in total. The highest BCUT2D eigenvalue weighted by atomic mass is 16.2. The molecule has 4 heteroatoms. The first kappa shape index (κ1) is 15.1. The topological polar surface area (TPSA) is 40.6 Å². The highest BCUT2D eigenvalue weighted by Gasteiger charge is 2.42. The van der Waals surface area contributed by atoms with E-state index in [-0.39, 0.29) is 11.8 Å². The van der Waals surface area contributed by atoms with Gasteiger partial charge in [0.25, 0.3) is 5.91 Å². The first-order chi connectivity index (χ1) is 10.3. The molecule has 1 fully saturated rings. The van der Waals surface area contributed by atoms with Gasteiger partial charge in [-0.3, -0.25) is 9.59 Å². The monoisotopic (exact) mass is 300 g/mol. The summed E-state index contributed by atoms with van der Waals surface area (Å²) >= 11 is 0. The number of hydrogen-bond donors (Lipinski definition) is 0. The van der Waals surface area contributed by atoms with E-state index in [9.17, 15) is 9.59 Å². The Bertz CT molecular complexity index is 628. The van der Waals surface area contributed by atoms with Crippen molar-refractivity contribution < 1.29 is 9.59 Å². The molecular weight excluding hydrogens is 276 g/mol. The Kier molecular flexibility index (Phi) is 3.50. The Labute approximate surface area is 132 Å². The molecule has 1 aromatic carbocycles. The molecule has 2 amide bonds. The average molecular weight is 300 g/mol. The molecule has 0 N–H and O–H groups in total. The average Bonchev–Trinajstić information content (AvgIpc) is 2.68. The molecule has 118 valence electrons. The lowest BCUT2D eigenvalue weighted by Crippen LogP contribution is -2.38. The highest BCUT2D eigenvalue weighted by Crippen LogP contribution is 2.41. The number of carbonyl (C=O) groups excluding carboxylic acids is 2. The quantitative estimate of drug-likeness (QED) is 0.800. The van der Waals surface area contributed by atoms with Gasteiger partial charge in [0.05, 0.1) is 5.41 Å². The lowest BCUT2D eigenvalue weighted by atomic mass is 9.85. The van der Waals surface area contributed by atoms with E-state index in [0.717, 1.165) is 37.2 Å². The highest BCUT2D eigenvalue weighted by molar-refractivity contribution is 6.08. The Morgan fingerprint density at radius 2 is 1.86 bits per heavy atom. The van der Waals surface area contributed by atoms with Gasteiger partial charge in [-0.25, -0.2) is 0 Å². The lowest BCUT2D eigenvalue weighted by molar-refractivity contribution is -0.121. The minimum atomic E-state index is -0.559. The van der Waals surface area contributed by atoms with E-state index < -0.39 is 5.41 Å². The van der Waals surface area contributed by atoms with Crippen molar-refractivity contribution in [2.24, 2.45) is 5.92 Å². The van der Waals surface area contributed by atoms with Crippen LogP contribution < -0.4 is 4.90 Å². The molecule has 2 aliphatic rings. The summed E-state index contributed by atoms with van der Waals surface area (Å²) in [6.45, 7) is 7.75. The fourth-order valence-corrected chi connectivity index (χ4v) is 3.50. The van der Waals surface area contributed by atoms with Crippen LogP contribution in [0.2, 0.25) is 0 Å². The van der Waals surface area contributed by atoms with Crippen molar-refractivity contribution in [1.82, 2.24) is 4.90 Å². The summed E-state index contributed by atoms with van der Waals surface area (Å²) in [5.74, 6) is 0.876. The van der Waals surface area contributed by atoms with E-state index in [1.807, 2.05) is 36.9 Å². The molecule has 2 aliphatic heterocycles. The van der Waals surface area contributed by atoms with Gasteiger partial charge >= 0.3 is 0 Å². The van der Waals surface area contributed by atoms with E-state index in [2.05, 4.69) is 6.92 Å². The van der Waals surface area contributed by atoms with Gasteiger partial charge in [0.15, 0.2) is 0 Å². The predicted octanol–water partition coefficient (Wildman–Crippen LogP) is 2.81. The molecule has 3 rings (SSSR count). The molecule has 1 aromatic rings. The maximum absolute atomic E-state index is 12.7. The summed E-state index contributed by atoms with van der Waals surface area (Å²) in [6, 6.07) is 5.67. The Balaban J connectivity index is 1.90. The second-order valence-corrected chi connectivity index (χ2v) is 7.20. The van der Waals surface area contributed by atoms with Crippen LogP contribution in [0.15, 0.2) is 18.2 Å². The number of anilines is 1. The van der Waals surface area contributed by atoms with Crippen LogP contribution in [0.4, 0.5) is 5.69 Å². The number of benzene rings is 1. The zero-order chi connectivity index (χ0) is 16.1. The number of fused-ring (bicyclic) bond motifs is 1. The molecule has 0 radical (unpaired) electrons. The molecular formula is C18H24N2O2. The second-order valence-electron chi connectivity index (χ2n) is 7.20. The minimum Gasteiger partial charge on any atom is -0.339 e.